The van der Waals surface area contributed by atoms with Crippen LogP contribution < -0.4 is 0 Å². The molecule has 0 bridgehead atoms. The Morgan fingerprint density at radius 1 is 1.50 bits per heavy atom. The summed E-state index contributed by atoms with van der Waals surface area (Å²) in [4.78, 5) is 13.9. The summed E-state index contributed by atoms with van der Waals surface area (Å²) in [5.74, 6) is -0.437. The Bertz CT molecular complexity index is 518. The molecular weight excluding hydrogens is 249 g/mol. The Morgan fingerprint density at radius 2 is 2.21 bits per heavy atom. The number of aromatic nitrogens is 1. The number of fused-ring (bicyclic) bond motifs is 1. The van der Waals surface area contributed by atoms with E-state index in [2.05, 4.69) is 20.9 Å². The highest BCUT2D eigenvalue weighted by atomic mass is 79.9. The number of Topliss-reactive ketones (excluding diaryl/α,β-unsaturated/α-hetero) is 1. The van der Waals surface area contributed by atoms with Gasteiger partial charge in [-0.05, 0) is 28.9 Å². The topological polar surface area (TPSA) is 32.9 Å². The van der Waals surface area contributed by atoms with Crippen LogP contribution in [0.25, 0.3) is 10.9 Å². The molecule has 14 heavy (non-hydrogen) atoms. The van der Waals surface area contributed by atoms with Gasteiger partial charge in [0.2, 0.25) is 0 Å². The van der Waals surface area contributed by atoms with Crippen molar-refractivity contribution in [3.8, 4) is 0 Å². The van der Waals surface area contributed by atoms with Crippen LogP contribution in [0.4, 0.5) is 4.39 Å². The van der Waals surface area contributed by atoms with E-state index in [0.29, 0.717) is 20.9 Å². The van der Waals surface area contributed by atoms with Crippen LogP contribution in [0.5, 0.6) is 0 Å². The van der Waals surface area contributed by atoms with E-state index < -0.39 is 0 Å². The average molecular weight is 256 g/mol. The van der Waals surface area contributed by atoms with E-state index in [1.807, 2.05) is 0 Å². The number of carbonyl (C=O) groups excluding carboxylic acids is 1. The monoisotopic (exact) mass is 255 g/mol. The largest absolute Gasteiger partial charge is 0.358 e. The summed E-state index contributed by atoms with van der Waals surface area (Å²) < 4.78 is 13.9. The van der Waals surface area contributed by atoms with Gasteiger partial charge in [-0.2, -0.15) is 0 Å². The fraction of sp³-hybridized carbons (Fsp3) is 0.100. The summed E-state index contributed by atoms with van der Waals surface area (Å²) in [5, 5.41) is 0.623. The third-order valence-electron chi connectivity index (χ3n) is 2.13. The van der Waals surface area contributed by atoms with Crippen LogP contribution in [0.3, 0.4) is 0 Å². The van der Waals surface area contributed by atoms with Gasteiger partial charge in [-0.3, -0.25) is 4.79 Å². The van der Waals surface area contributed by atoms with Crippen molar-refractivity contribution in [1.29, 1.82) is 0 Å². The van der Waals surface area contributed by atoms with Crippen molar-refractivity contribution in [2.24, 2.45) is 0 Å². The third kappa shape index (κ3) is 1.26. The van der Waals surface area contributed by atoms with E-state index in [1.54, 1.807) is 12.1 Å². The predicted octanol–water partition coefficient (Wildman–Crippen LogP) is 3.27. The number of rotatable bonds is 1. The van der Waals surface area contributed by atoms with Gasteiger partial charge >= 0.3 is 0 Å². The molecule has 0 spiro atoms. The van der Waals surface area contributed by atoms with Crippen LogP contribution in [-0.2, 0) is 0 Å². The van der Waals surface area contributed by atoms with Crippen LogP contribution in [-0.4, -0.2) is 10.8 Å². The molecule has 0 saturated heterocycles. The first-order chi connectivity index (χ1) is 6.61. The molecule has 72 valence electrons. The molecule has 0 radical (unpaired) electrons. The Balaban J connectivity index is 2.83. The molecule has 4 heteroatoms. The van der Waals surface area contributed by atoms with Crippen LogP contribution in [0.15, 0.2) is 22.8 Å². The van der Waals surface area contributed by atoms with Gasteiger partial charge in [-0.25, -0.2) is 4.39 Å². The van der Waals surface area contributed by atoms with Crippen molar-refractivity contribution in [1.82, 2.24) is 4.98 Å². The maximum atomic E-state index is 13.5. The lowest BCUT2D eigenvalue weighted by Crippen LogP contribution is -1.89. The zero-order valence-electron chi connectivity index (χ0n) is 7.40. The van der Waals surface area contributed by atoms with Gasteiger partial charge in [0.1, 0.15) is 0 Å². The lowest BCUT2D eigenvalue weighted by atomic mass is 10.1. The van der Waals surface area contributed by atoms with Crippen LogP contribution in [0.2, 0.25) is 0 Å². The zero-order chi connectivity index (χ0) is 10.3. The van der Waals surface area contributed by atoms with Crippen molar-refractivity contribution < 1.29 is 9.18 Å². The highest BCUT2D eigenvalue weighted by Gasteiger charge is 2.12. The molecule has 1 N–H and O–H groups in total. The summed E-state index contributed by atoms with van der Waals surface area (Å²) in [6.45, 7) is 1.46. The average Bonchev–Trinajstić information content (AvgIpc) is 2.55. The Morgan fingerprint density at radius 3 is 2.86 bits per heavy atom. The molecule has 0 amide bonds. The Labute approximate surface area is 88.2 Å². The first-order valence-corrected chi connectivity index (χ1v) is 4.86. The molecule has 2 nitrogen and oxygen atoms in total. The normalized spacial score (nSPS) is 10.8. The molecule has 1 aromatic carbocycles. The van der Waals surface area contributed by atoms with E-state index in [-0.39, 0.29) is 11.6 Å². The SMILES string of the molecule is CC(=O)c1c[nH]c2c(F)c(Br)ccc12. The first-order valence-electron chi connectivity index (χ1n) is 4.07. The fourth-order valence-electron chi connectivity index (χ4n) is 1.43. The Kier molecular flexibility index (Phi) is 2.15. The number of H-pyrrole nitrogens is 1. The van der Waals surface area contributed by atoms with Crippen LogP contribution in [0.1, 0.15) is 17.3 Å². The number of hydrogen-bond donors (Lipinski definition) is 1. The highest BCUT2D eigenvalue weighted by molar-refractivity contribution is 9.10. The van der Waals surface area contributed by atoms with Gasteiger partial charge < -0.3 is 4.98 Å². The molecule has 0 aliphatic carbocycles. The van der Waals surface area contributed by atoms with Gasteiger partial charge in [0.05, 0.1) is 9.99 Å². The van der Waals surface area contributed by atoms with Gasteiger partial charge in [-0.15, -0.1) is 0 Å². The molecule has 0 fully saturated rings. The second-order valence-corrected chi connectivity index (χ2v) is 3.90. The van der Waals surface area contributed by atoms with Crippen molar-refractivity contribution in [2.75, 3.05) is 0 Å². The van der Waals surface area contributed by atoms with Crippen molar-refractivity contribution >= 4 is 32.6 Å². The van der Waals surface area contributed by atoms with Gasteiger partial charge in [0, 0.05) is 17.1 Å². The lowest BCUT2D eigenvalue weighted by Gasteiger charge is -1.96. The summed E-state index contributed by atoms with van der Waals surface area (Å²) in [6.07, 6.45) is 1.53. The number of ketones is 1. The van der Waals surface area contributed by atoms with Crippen molar-refractivity contribution in [3.63, 3.8) is 0 Å². The lowest BCUT2D eigenvalue weighted by molar-refractivity contribution is 0.101. The maximum Gasteiger partial charge on any atom is 0.161 e. The summed E-state index contributed by atoms with van der Waals surface area (Å²) >= 11 is 3.08. The van der Waals surface area contributed by atoms with Crippen LogP contribution in [0, 0.1) is 5.82 Å². The number of aromatic amines is 1. The third-order valence-corrected chi connectivity index (χ3v) is 2.74. The molecule has 0 atom stereocenters. The minimum atomic E-state index is -0.366. The predicted molar refractivity (Wildman–Crippen MR) is 56.0 cm³/mol. The molecule has 0 unspecified atom stereocenters. The molecule has 0 aliphatic rings. The minimum Gasteiger partial charge on any atom is -0.358 e. The molecule has 1 heterocycles. The number of halogens is 2. The van der Waals surface area contributed by atoms with Gasteiger partial charge in [-0.1, -0.05) is 6.07 Å². The quantitative estimate of drug-likeness (QED) is 0.780. The van der Waals surface area contributed by atoms with E-state index in [1.165, 1.54) is 13.1 Å². The van der Waals surface area contributed by atoms with Gasteiger partial charge in [0.15, 0.2) is 11.6 Å². The van der Waals surface area contributed by atoms with Crippen LogP contribution >= 0.6 is 15.9 Å². The van der Waals surface area contributed by atoms with Gasteiger partial charge in [0.25, 0.3) is 0 Å². The summed E-state index contributed by atoms with van der Waals surface area (Å²) in [6, 6.07) is 3.31. The fourth-order valence-corrected chi connectivity index (χ4v) is 1.76. The molecule has 2 aromatic rings. The Hall–Kier alpha value is -1.16. The summed E-state index contributed by atoms with van der Waals surface area (Å²) in [7, 11) is 0. The molecule has 1 aromatic heterocycles. The smallest absolute Gasteiger partial charge is 0.161 e. The van der Waals surface area contributed by atoms with E-state index in [0.717, 1.165) is 0 Å². The molecule has 0 saturated carbocycles. The second kappa shape index (κ2) is 3.20. The van der Waals surface area contributed by atoms with E-state index in [9.17, 15) is 9.18 Å². The van der Waals surface area contributed by atoms with Crippen molar-refractivity contribution in [2.45, 2.75) is 6.92 Å². The number of nitrogens with one attached hydrogen (secondary N) is 1. The number of hydrogen-bond acceptors (Lipinski definition) is 1. The van der Waals surface area contributed by atoms with E-state index in [4.69, 9.17) is 0 Å². The maximum absolute atomic E-state index is 13.5. The minimum absolute atomic E-state index is 0.0713. The summed E-state index contributed by atoms with van der Waals surface area (Å²) in [5.41, 5.74) is 0.885. The number of benzene rings is 1. The first kappa shape index (κ1) is 9.40. The standard InChI is InChI=1S/C10H7BrFNO/c1-5(14)7-4-13-10-6(7)2-3-8(11)9(10)12/h2-4,13H,1H3. The molecule has 0 aliphatic heterocycles. The van der Waals surface area contributed by atoms with E-state index >= 15 is 0 Å². The highest BCUT2D eigenvalue weighted by Crippen LogP contribution is 2.26. The second-order valence-electron chi connectivity index (χ2n) is 3.04. The van der Waals surface area contributed by atoms with Crippen molar-refractivity contribution in [3.05, 3.63) is 34.2 Å². The number of carbonyl (C=O) groups is 1. The zero-order valence-corrected chi connectivity index (χ0v) is 8.98. The molecular formula is C10H7BrFNO. The molecule has 2 rings (SSSR count).